The molecule has 0 aliphatic rings. The molecule has 1 amide bonds. The highest BCUT2D eigenvalue weighted by Gasteiger charge is 2.95. The Kier molecular flexibility index (Phi) is 19.7. The summed E-state index contributed by atoms with van der Waals surface area (Å²) in [6.45, 7) is 9.45. The van der Waals surface area contributed by atoms with E-state index in [1.54, 1.807) is 51.1 Å². The SMILES string of the molecule is CCOC(=O)/C=C(C)/C=C(\C)C[C@@H](OC(=O)Nc1ccc(OC)cc1)c1ccc(OCCO[Si](CCC(F)(F)C(F)(F)C(F)(F)C(F)(F)C(F)(F)C(F)(F)C(F)(F)C(F)(F)F)(C(C)C)C(C)C)cc1. The normalized spacial score (nSPS) is 14.8. The number of methoxy groups -OCH3 is 1. The molecule has 2 aromatic rings. The number of carbonyl (C=O) groups excluding carboxylic acids is 2. The predicted molar refractivity (Wildman–Crippen MR) is 219 cm³/mol. The summed E-state index contributed by atoms with van der Waals surface area (Å²) in [6, 6.07) is 10.8. The molecule has 2 aromatic carbocycles. The maximum Gasteiger partial charge on any atom is 0.460 e. The Morgan fingerprint density at radius 1 is 0.652 bits per heavy atom. The van der Waals surface area contributed by atoms with Gasteiger partial charge in [-0.25, -0.2) is 9.59 Å². The van der Waals surface area contributed by atoms with Crippen molar-refractivity contribution in [2.75, 3.05) is 32.2 Å². The van der Waals surface area contributed by atoms with Crippen molar-refractivity contribution in [3.8, 4) is 11.5 Å². The maximum absolute atomic E-state index is 15.0. The van der Waals surface area contributed by atoms with Crippen molar-refractivity contribution in [2.45, 2.75) is 132 Å². The average molecular weight is 1040 g/mol. The summed E-state index contributed by atoms with van der Waals surface area (Å²) in [7, 11) is -2.57. The van der Waals surface area contributed by atoms with Crippen LogP contribution in [0.5, 0.6) is 11.5 Å². The Labute approximate surface area is 386 Å². The van der Waals surface area contributed by atoms with E-state index in [4.69, 9.17) is 23.4 Å². The minimum absolute atomic E-state index is 0.101. The molecule has 0 unspecified atom stereocenters. The average Bonchev–Trinajstić information content (AvgIpc) is 3.22. The number of benzene rings is 2. The van der Waals surface area contributed by atoms with Crippen LogP contribution in [0.1, 0.15) is 73.0 Å². The van der Waals surface area contributed by atoms with Crippen molar-refractivity contribution in [3.63, 3.8) is 0 Å². The molecule has 0 spiro atoms. The number of allylic oxidation sites excluding steroid dienone is 2. The van der Waals surface area contributed by atoms with Gasteiger partial charge in [0.2, 0.25) is 0 Å². The van der Waals surface area contributed by atoms with Crippen LogP contribution in [0.2, 0.25) is 17.1 Å². The third-order valence-corrected chi connectivity index (χ3v) is 16.4. The number of anilines is 1. The number of halogens is 17. The number of carbonyl (C=O) groups is 2. The van der Waals surface area contributed by atoms with Gasteiger partial charge in [-0.3, -0.25) is 5.32 Å². The molecule has 0 bridgehead atoms. The highest BCUT2D eigenvalue weighted by atomic mass is 28.4. The number of hydrogen-bond acceptors (Lipinski definition) is 7. The van der Waals surface area contributed by atoms with Crippen molar-refractivity contribution in [1.29, 1.82) is 0 Å². The van der Waals surface area contributed by atoms with Gasteiger partial charge in [-0.15, -0.1) is 0 Å². The topological polar surface area (TPSA) is 92.3 Å². The number of alkyl halides is 17. The van der Waals surface area contributed by atoms with Gasteiger partial charge in [-0.2, -0.15) is 74.6 Å². The lowest BCUT2D eigenvalue weighted by atomic mass is 9.88. The standard InChI is InChI=1S/C43H50F17NO7Si/c1-9-65-34(62)24-28(7)22-27(6)23-33(68-35(63)61-30-12-16-31(64-8)17-13-30)29-10-14-32(15-11-29)66-19-20-67-69(25(2)3,26(4)5)21-18-36(44,45)37(46,47)38(48,49)39(50,51)40(52,53)41(54,55)42(56,57)43(58,59)60/h10-17,22,24-26,33H,9,18-21,23H2,1-8H3,(H,61,63)/b27-22+,28-24+/t33-/m1/s1. The molecule has 0 saturated carbocycles. The fraction of sp³-hybridized carbons (Fsp3) is 0.581. The van der Waals surface area contributed by atoms with Crippen molar-refractivity contribution >= 4 is 26.1 Å². The fourth-order valence-corrected chi connectivity index (χ4v) is 11.3. The lowest BCUT2D eigenvalue weighted by Gasteiger charge is -2.44. The van der Waals surface area contributed by atoms with E-state index >= 15 is 8.78 Å². The molecule has 0 saturated heterocycles. The number of amides is 1. The minimum Gasteiger partial charge on any atom is -0.497 e. The molecule has 0 fully saturated rings. The smallest absolute Gasteiger partial charge is 0.460 e. The lowest BCUT2D eigenvalue weighted by molar-refractivity contribution is -0.461. The molecule has 0 radical (unpaired) electrons. The molecule has 0 aromatic heterocycles. The van der Waals surface area contributed by atoms with Crippen LogP contribution >= 0.6 is 0 Å². The van der Waals surface area contributed by atoms with E-state index in [1.807, 2.05) is 0 Å². The third kappa shape index (κ3) is 13.2. The second-order valence-corrected chi connectivity index (χ2v) is 21.3. The number of hydrogen-bond donors (Lipinski definition) is 1. The van der Waals surface area contributed by atoms with Crippen molar-refractivity contribution in [1.82, 2.24) is 0 Å². The van der Waals surface area contributed by atoms with E-state index < -0.39 is 111 Å². The predicted octanol–water partition coefficient (Wildman–Crippen LogP) is 14.4. The third-order valence-electron chi connectivity index (χ3n) is 10.7. The highest BCUT2D eigenvalue weighted by molar-refractivity contribution is 6.76. The Bertz CT molecular complexity index is 2070. The fourth-order valence-electron chi connectivity index (χ4n) is 6.86. The number of ether oxygens (including phenoxy) is 4. The Hall–Kier alpha value is -4.75. The first kappa shape index (κ1) is 60.4. The molecule has 392 valence electrons. The molecular weight excluding hydrogens is 994 g/mol. The van der Waals surface area contributed by atoms with Gasteiger partial charge in [0.25, 0.3) is 0 Å². The summed E-state index contributed by atoms with van der Waals surface area (Å²) in [5, 5.41) is 2.58. The summed E-state index contributed by atoms with van der Waals surface area (Å²) >= 11 is 0. The van der Waals surface area contributed by atoms with Gasteiger partial charge in [-0.1, -0.05) is 51.5 Å². The molecule has 69 heavy (non-hydrogen) atoms. The number of nitrogens with one attached hydrogen (secondary N) is 1. The maximum atomic E-state index is 15.0. The van der Waals surface area contributed by atoms with Crippen LogP contribution in [-0.4, -0.2) is 94.9 Å². The Balaban J connectivity index is 2.32. The van der Waals surface area contributed by atoms with Crippen LogP contribution in [0.15, 0.2) is 71.8 Å². The van der Waals surface area contributed by atoms with Crippen LogP contribution in [-0.2, 0) is 18.7 Å². The van der Waals surface area contributed by atoms with Crippen molar-refractivity contribution < 1.29 is 108 Å². The molecule has 8 nitrogen and oxygen atoms in total. The van der Waals surface area contributed by atoms with E-state index in [0.717, 1.165) is 0 Å². The molecule has 2 rings (SSSR count). The Morgan fingerprint density at radius 2 is 1.13 bits per heavy atom. The van der Waals surface area contributed by atoms with Gasteiger partial charge >= 0.3 is 59.7 Å². The lowest BCUT2D eigenvalue weighted by Crippen LogP contribution is -2.74. The minimum atomic E-state index is -8.70. The second kappa shape index (κ2) is 22.6. The van der Waals surface area contributed by atoms with Crippen LogP contribution in [0.3, 0.4) is 0 Å². The Morgan fingerprint density at radius 3 is 1.59 bits per heavy atom. The molecule has 26 heteroatoms. The van der Waals surface area contributed by atoms with Gasteiger partial charge in [-0.05, 0) is 85.4 Å². The number of esters is 1. The van der Waals surface area contributed by atoms with Gasteiger partial charge < -0.3 is 23.4 Å². The zero-order valence-corrected chi connectivity index (χ0v) is 39.0. The summed E-state index contributed by atoms with van der Waals surface area (Å²) < 4.78 is 264. The van der Waals surface area contributed by atoms with Gasteiger partial charge in [0.05, 0.1) is 20.3 Å². The summed E-state index contributed by atoms with van der Waals surface area (Å²) in [5.41, 5.74) is 0.178. The zero-order chi connectivity index (χ0) is 53.4. The molecule has 1 N–H and O–H groups in total. The van der Waals surface area contributed by atoms with Crippen LogP contribution in [0.4, 0.5) is 85.1 Å². The largest absolute Gasteiger partial charge is 0.497 e. The molecular formula is C43H50F17NO7Si. The summed E-state index contributed by atoms with van der Waals surface area (Å²) in [6.07, 6.45) is -9.20. The molecule has 0 aliphatic carbocycles. The van der Waals surface area contributed by atoms with E-state index in [2.05, 4.69) is 5.32 Å². The van der Waals surface area contributed by atoms with E-state index in [-0.39, 0.29) is 18.8 Å². The van der Waals surface area contributed by atoms with Crippen LogP contribution in [0, 0.1) is 0 Å². The first-order valence-corrected chi connectivity index (χ1v) is 22.8. The summed E-state index contributed by atoms with van der Waals surface area (Å²) in [4.78, 5) is 24.9. The highest BCUT2D eigenvalue weighted by Crippen LogP contribution is 2.64. The summed E-state index contributed by atoms with van der Waals surface area (Å²) in [5.74, 6) is -56.8. The van der Waals surface area contributed by atoms with Gasteiger partial charge in [0, 0.05) is 24.6 Å². The van der Waals surface area contributed by atoms with Crippen molar-refractivity contribution in [2.24, 2.45) is 0 Å². The van der Waals surface area contributed by atoms with E-state index in [1.165, 1.54) is 65.1 Å². The second-order valence-electron chi connectivity index (χ2n) is 16.3. The first-order valence-electron chi connectivity index (χ1n) is 20.6. The zero-order valence-electron chi connectivity index (χ0n) is 38.0. The van der Waals surface area contributed by atoms with Gasteiger partial charge in [0.1, 0.15) is 24.2 Å². The first-order chi connectivity index (χ1) is 31.3. The molecule has 0 heterocycles. The quantitative estimate of drug-likeness (QED) is 0.0264. The van der Waals surface area contributed by atoms with E-state index in [0.29, 0.717) is 28.1 Å². The van der Waals surface area contributed by atoms with Crippen LogP contribution < -0.4 is 14.8 Å². The molecule has 0 aliphatic heterocycles. The van der Waals surface area contributed by atoms with Crippen LogP contribution in [0.25, 0.3) is 0 Å². The van der Waals surface area contributed by atoms with E-state index in [9.17, 15) is 75.4 Å². The molecule has 1 atom stereocenters. The van der Waals surface area contributed by atoms with Crippen molar-refractivity contribution in [3.05, 3.63) is 77.4 Å². The van der Waals surface area contributed by atoms with Gasteiger partial charge in [0.15, 0.2) is 8.32 Å². The number of rotatable bonds is 25. The monoisotopic (exact) mass is 1040 g/mol.